The molecule has 1 unspecified atom stereocenters. The molecular formula is C16H26N2O3S2. The first-order valence-electron chi connectivity index (χ1n) is 8.10. The number of hydrogen-bond donors (Lipinski definition) is 0. The molecule has 0 N–H and O–H groups in total. The van der Waals surface area contributed by atoms with Crippen LogP contribution in [0.1, 0.15) is 18.4 Å². The van der Waals surface area contributed by atoms with E-state index in [1.807, 2.05) is 0 Å². The van der Waals surface area contributed by atoms with E-state index in [4.69, 9.17) is 4.74 Å². The summed E-state index contributed by atoms with van der Waals surface area (Å²) in [5, 5.41) is 4.33. The Morgan fingerprint density at radius 3 is 2.70 bits per heavy atom. The number of nitrogens with zero attached hydrogens (tertiary/aromatic N) is 2. The predicted molar refractivity (Wildman–Crippen MR) is 93.0 cm³/mol. The number of rotatable bonds is 5. The van der Waals surface area contributed by atoms with Crippen molar-refractivity contribution in [2.75, 3.05) is 46.2 Å². The van der Waals surface area contributed by atoms with Crippen LogP contribution in [0.5, 0.6) is 0 Å². The fraction of sp³-hybridized carbons (Fsp3) is 0.750. The van der Waals surface area contributed by atoms with Gasteiger partial charge in [0.1, 0.15) is 0 Å². The lowest BCUT2D eigenvalue weighted by atomic mass is 9.71. The highest BCUT2D eigenvalue weighted by Gasteiger charge is 2.49. The molecule has 23 heavy (non-hydrogen) atoms. The zero-order valence-corrected chi connectivity index (χ0v) is 15.5. The molecule has 1 aromatic heterocycles. The van der Waals surface area contributed by atoms with Crippen LogP contribution in [-0.4, -0.2) is 63.8 Å². The molecule has 3 rings (SSSR count). The van der Waals surface area contributed by atoms with Crippen LogP contribution in [0.2, 0.25) is 0 Å². The van der Waals surface area contributed by atoms with Crippen molar-refractivity contribution in [2.45, 2.75) is 19.4 Å². The molecule has 3 heterocycles. The topological polar surface area (TPSA) is 49.9 Å². The molecule has 0 aromatic carbocycles. The molecule has 130 valence electrons. The lowest BCUT2D eigenvalue weighted by molar-refractivity contribution is 0.0358. The molecule has 1 spiro atoms. The zero-order valence-electron chi connectivity index (χ0n) is 13.9. The third-order valence-electron chi connectivity index (χ3n) is 5.46. The molecule has 7 heteroatoms. The Morgan fingerprint density at radius 1 is 1.39 bits per heavy atom. The zero-order chi connectivity index (χ0) is 16.5. The molecule has 0 bridgehead atoms. The monoisotopic (exact) mass is 358 g/mol. The van der Waals surface area contributed by atoms with Crippen LogP contribution in [0.25, 0.3) is 0 Å². The second-order valence-electron chi connectivity index (χ2n) is 6.98. The highest BCUT2D eigenvalue weighted by Crippen LogP contribution is 2.45. The van der Waals surface area contributed by atoms with Crippen LogP contribution < -0.4 is 0 Å². The highest BCUT2D eigenvalue weighted by atomic mass is 32.2. The normalized spacial score (nSPS) is 26.1. The predicted octanol–water partition coefficient (Wildman–Crippen LogP) is 1.87. The average Bonchev–Trinajstić information content (AvgIpc) is 3.11. The molecule has 0 radical (unpaired) electrons. The van der Waals surface area contributed by atoms with Gasteiger partial charge < -0.3 is 4.74 Å². The van der Waals surface area contributed by atoms with E-state index in [9.17, 15) is 8.42 Å². The van der Waals surface area contributed by atoms with E-state index < -0.39 is 10.0 Å². The van der Waals surface area contributed by atoms with Gasteiger partial charge in [0.2, 0.25) is 10.0 Å². The van der Waals surface area contributed by atoms with Gasteiger partial charge in [0, 0.05) is 32.7 Å². The molecule has 2 aliphatic rings. The standard InChI is InChI=1S/C16H26N2O3S2/c1-21-11-15-10-18(23(2,19)20)13-16(15)4-6-17(7-5-16)9-14-3-8-22-12-14/h3,8,12,15H,4-7,9-11,13H2,1-2H3. The summed E-state index contributed by atoms with van der Waals surface area (Å²) in [6, 6.07) is 2.18. The number of likely N-dealkylation sites (tertiary alicyclic amines) is 1. The average molecular weight is 359 g/mol. The van der Waals surface area contributed by atoms with Crippen molar-refractivity contribution in [3.63, 3.8) is 0 Å². The summed E-state index contributed by atoms with van der Waals surface area (Å²) in [7, 11) is -1.41. The minimum Gasteiger partial charge on any atom is -0.384 e. The van der Waals surface area contributed by atoms with Gasteiger partial charge in [0.05, 0.1) is 12.9 Å². The van der Waals surface area contributed by atoms with E-state index in [2.05, 4.69) is 21.7 Å². The fourth-order valence-corrected chi connectivity index (χ4v) is 5.63. The molecule has 2 fully saturated rings. The summed E-state index contributed by atoms with van der Waals surface area (Å²) in [4.78, 5) is 2.49. The Balaban J connectivity index is 1.66. The van der Waals surface area contributed by atoms with Gasteiger partial charge in [-0.3, -0.25) is 4.90 Å². The number of ether oxygens (including phenoxy) is 1. The number of hydrogen-bond acceptors (Lipinski definition) is 5. The summed E-state index contributed by atoms with van der Waals surface area (Å²) in [5.41, 5.74) is 1.47. The number of sulfonamides is 1. The van der Waals surface area contributed by atoms with Crippen LogP contribution >= 0.6 is 11.3 Å². The van der Waals surface area contributed by atoms with Crippen LogP contribution in [-0.2, 0) is 21.3 Å². The summed E-state index contributed by atoms with van der Waals surface area (Å²) >= 11 is 1.74. The first-order chi connectivity index (χ1) is 10.9. The van der Waals surface area contributed by atoms with E-state index in [0.717, 1.165) is 32.5 Å². The maximum Gasteiger partial charge on any atom is 0.211 e. The SMILES string of the molecule is COCC1CN(S(C)(=O)=O)CC12CCN(Cc1ccsc1)CC2. The second kappa shape index (κ2) is 6.80. The third-order valence-corrected chi connectivity index (χ3v) is 7.40. The first-order valence-corrected chi connectivity index (χ1v) is 10.9. The summed E-state index contributed by atoms with van der Waals surface area (Å²) in [6.07, 6.45) is 3.43. The summed E-state index contributed by atoms with van der Waals surface area (Å²) in [5.74, 6) is 0.311. The van der Waals surface area contributed by atoms with Gasteiger partial charge in [-0.2, -0.15) is 11.3 Å². The molecule has 0 aliphatic carbocycles. The Hall–Kier alpha value is -0.470. The molecule has 1 aromatic rings. The van der Waals surface area contributed by atoms with E-state index >= 15 is 0 Å². The molecule has 0 amide bonds. The van der Waals surface area contributed by atoms with Gasteiger partial charge in [-0.25, -0.2) is 12.7 Å². The maximum atomic E-state index is 12.0. The fourth-order valence-electron chi connectivity index (χ4n) is 4.03. The molecule has 1 atom stereocenters. The Bertz CT molecular complexity index is 607. The lowest BCUT2D eigenvalue weighted by Crippen LogP contribution is -2.45. The maximum absolute atomic E-state index is 12.0. The molecular weight excluding hydrogens is 332 g/mol. The van der Waals surface area contributed by atoms with Gasteiger partial charge in [-0.15, -0.1) is 0 Å². The van der Waals surface area contributed by atoms with Crippen molar-refractivity contribution in [3.05, 3.63) is 22.4 Å². The van der Waals surface area contributed by atoms with Crippen molar-refractivity contribution < 1.29 is 13.2 Å². The van der Waals surface area contributed by atoms with Gasteiger partial charge in [0.15, 0.2) is 0 Å². The minimum absolute atomic E-state index is 0.0875. The molecule has 5 nitrogen and oxygen atoms in total. The van der Waals surface area contributed by atoms with Crippen molar-refractivity contribution in [1.82, 2.24) is 9.21 Å². The lowest BCUT2D eigenvalue weighted by Gasteiger charge is -2.42. The van der Waals surface area contributed by atoms with Crippen LogP contribution in [0.3, 0.4) is 0 Å². The van der Waals surface area contributed by atoms with Crippen LogP contribution in [0.4, 0.5) is 0 Å². The van der Waals surface area contributed by atoms with E-state index in [1.165, 1.54) is 11.8 Å². The van der Waals surface area contributed by atoms with Crippen molar-refractivity contribution in [3.8, 4) is 0 Å². The Labute approximate surface area is 143 Å². The number of thiophene rings is 1. The Morgan fingerprint density at radius 2 is 2.13 bits per heavy atom. The smallest absolute Gasteiger partial charge is 0.211 e. The number of piperidine rings is 1. The van der Waals surface area contributed by atoms with Gasteiger partial charge >= 0.3 is 0 Å². The van der Waals surface area contributed by atoms with Crippen LogP contribution in [0.15, 0.2) is 16.8 Å². The molecule has 2 aliphatic heterocycles. The molecule has 2 saturated heterocycles. The van der Waals surface area contributed by atoms with Gasteiger partial charge in [-0.05, 0) is 53.7 Å². The van der Waals surface area contributed by atoms with Crippen LogP contribution in [0, 0.1) is 11.3 Å². The van der Waals surface area contributed by atoms with Gasteiger partial charge in [0.25, 0.3) is 0 Å². The summed E-state index contributed by atoms with van der Waals surface area (Å²) < 4.78 is 31.0. The Kier molecular flexibility index (Phi) is 5.13. The number of methoxy groups -OCH3 is 1. The van der Waals surface area contributed by atoms with E-state index in [1.54, 1.807) is 22.8 Å². The van der Waals surface area contributed by atoms with E-state index in [-0.39, 0.29) is 5.41 Å². The van der Waals surface area contributed by atoms with Crippen molar-refractivity contribution >= 4 is 21.4 Å². The molecule has 0 saturated carbocycles. The van der Waals surface area contributed by atoms with E-state index in [0.29, 0.717) is 25.6 Å². The third kappa shape index (κ3) is 3.79. The highest BCUT2D eigenvalue weighted by molar-refractivity contribution is 7.88. The second-order valence-corrected chi connectivity index (χ2v) is 9.74. The first kappa shape index (κ1) is 17.4. The minimum atomic E-state index is -3.12. The quantitative estimate of drug-likeness (QED) is 0.806. The largest absolute Gasteiger partial charge is 0.384 e. The van der Waals surface area contributed by atoms with Crippen molar-refractivity contribution in [2.24, 2.45) is 11.3 Å². The summed E-state index contributed by atoms with van der Waals surface area (Å²) in [6.45, 7) is 4.99. The van der Waals surface area contributed by atoms with Crippen molar-refractivity contribution in [1.29, 1.82) is 0 Å². The van der Waals surface area contributed by atoms with Gasteiger partial charge in [-0.1, -0.05) is 0 Å².